The van der Waals surface area contributed by atoms with Crippen LogP contribution in [0.4, 0.5) is 4.39 Å². The zero-order valence-electron chi connectivity index (χ0n) is 27.5. The van der Waals surface area contributed by atoms with Crippen LogP contribution < -0.4 is 10.6 Å². The van der Waals surface area contributed by atoms with Gasteiger partial charge in [-0.3, -0.25) is 5.32 Å². The molecule has 0 radical (unpaired) electrons. The van der Waals surface area contributed by atoms with Gasteiger partial charge in [-0.2, -0.15) is 0 Å². The Morgan fingerprint density at radius 3 is 1.58 bits per heavy atom. The molecule has 3 nitrogen and oxygen atoms in total. The van der Waals surface area contributed by atoms with E-state index in [1.807, 2.05) is 48.6 Å². The summed E-state index contributed by atoms with van der Waals surface area (Å²) in [4.78, 5) is 9.71. The van der Waals surface area contributed by atoms with Crippen LogP contribution >= 0.6 is 10.0 Å². The van der Waals surface area contributed by atoms with E-state index in [2.05, 4.69) is 133 Å². The second-order valence-electron chi connectivity index (χ2n) is 12.3. The molecule has 6 aromatic rings. The molecule has 0 fully saturated rings. The number of amidine groups is 1. The zero-order valence-corrected chi connectivity index (χ0v) is 28.3. The van der Waals surface area contributed by atoms with Crippen LogP contribution in [0.1, 0.15) is 40.1 Å². The standard InChI is InChI=1S/C45H36FN3S/c1-3-37-38(4-2)40-20-12-14-22-42(40)50(36-29-25-34(46)26-30-36,41-21-13-11-19-39(37)41)35-27-23-33(24-28-35)45-48-43(31-15-7-5-8-16-31)47-44(49-45)32-17-9-6-10-18-32/h3-30,43-44,47H,1-2H2,(H,48,49). The van der Waals surface area contributed by atoms with Gasteiger partial charge >= 0.3 is 0 Å². The second kappa shape index (κ2) is 13.3. The second-order valence-corrected chi connectivity index (χ2v) is 15.3. The van der Waals surface area contributed by atoms with Crippen molar-refractivity contribution in [3.05, 3.63) is 217 Å². The molecule has 2 aliphatic heterocycles. The van der Waals surface area contributed by atoms with Crippen molar-refractivity contribution >= 4 is 27.0 Å². The van der Waals surface area contributed by atoms with Crippen molar-refractivity contribution in [2.75, 3.05) is 0 Å². The SMILES string of the molecule is C=CC1=C(C=C)c2ccccc2S(c2ccc(F)cc2)(c2ccc(C3=NC(c4ccccc4)NC(c4ccccc4)N3)cc2)c2ccccc21. The van der Waals surface area contributed by atoms with Gasteiger partial charge in [0.25, 0.3) is 0 Å². The average molecular weight is 670 g/mol. The largest absolute Gasteiger partial charge is 0.350 e. The Bertz CT molecular complexity index is 2200. The summed E-state index contributed by atoms with van der Waals surface area (Å²) in [6.07, 6.45) is 3.51. The summed E-state index contributed by atoms with van der Waals surface area (Å²) in [7, 11) is -2.14. The number of aliphatic imine (C=N–C) groups is 1. The summed E-state index contributed by atoms with van der Waals surface area (Å²) < 4.78 is 14.6. The highest BCUT2D eigenvalue weighted by Crippen LogP contribution is 2.76. The Kier molecular flexibility index (Phi) is 8.37. The number of rotatable bonds is 7. The third kappa shape index (κ3) is 5.32. The van der Waals surface area contributed by atoms with Gasteiger partial charge in [0.1, 0.15) is 24.0 Å². The topological polar surface area (TPSA) is 36.4 Å². The predicted octanol–water partition coefficient (Wildman–Crippen LogP) is 11.1. The Balaban J connectivity index is 1.34. The molecule has 2 heterocycles. The van der Waals surface area contributed by atoms with Crippen LogP contribution in [0.2, 0.25) is 0 Å². The number of halogens is 1. The van der Waals surface area contributed by atoms with Gasteiger partial charge < -0.3 is 5.32 Å². The molecule has 2 unspecified atom stereocenters. The maximum absolute atomic E-state index is 14.6. The van der Waals surface area contributed by atoms with Gasteiger partial charge in [0.05, 0.1) is 0 Å². The maximum atomic E-state index is 14.6. The number of nitrogens with zero attached hydrogens (tertiary/aromatic N) is 1. The van der Waals surface area contributed by atoms with E-state index in [0.717, 1.165) is 54.6 Å². The Morgan fingerprint density at radius 1 is 0.560 bits per heavy atom. The average Bonchev–Trinajstić information content (AvgIpc) is 3.29. The summed E-state index contributed by atoms with van der Waals surface area (Å²) in [5.41, 5.74) is 7.46. The first-order valence-corrected chi connectivity index (χ1v) is 18.3. The zero-order chi connectivity index (χ0) is 34.1. The molecule has 0 saturated carbocycles. The molecule has 50 heavy (non-hydrogen) atoms. The number of allylic oxidation sites excluding steroid dienone is 4. The first-order valence-electron chi connectivity index (χ1n) is 16.7. The number of hydrogen-bond donors (Lipinski definition) is 2. The molecule has 0 amide bonds. The van der Waals surface area contributed by atoms with E-state index in [1.54, 1.807) is 12.1 Å². The van der Waals surface area contributed by atoms with Crippen molar-refractivity contribution in [2.45, 2.75) is 31.9 Å². The fourth-order valence-corrected chi connectivity index (χ4v) is 11.4. The molecule has 0 aliphatic carbocycles. The number of benzene rings is 6. The lowest BCUT2D eigenvalue weighted by atomic mass is 9.95. The highest BCUT2D eigenvalue weighted by atomic mass is 32.3. The van der Waals surface area contributed by atoms with E-state index < -0.39 is 10.0 Å². The van der Waals surface area contributed by atoms with Crippen molar-refractivity contribution in [2.24, 2.45) is 4.99 Å². The minimum Gasteiger partial charge on any atom is -0.350 e. The summed E-state index contributed by atoms with van der Waals surface area (Å²) in [5, 5.41) is 7.36. The monoisotopic (exact) mass is 669 g/mol. The first-order chi connectivity index (χ1) is 24.6. The predicted molar refractivity (Wildman–Crippen MR) is 205 cm³/mol. The Labute approximate surface area is 294 Å². The Morgan fingerprint density at radius 2 is 1.04 bits per heavy atom. The molecule has 0 bridgehead atoms. The lowest BCUT2D eigenvalue weighted by Gasteiger charge is -2.43. The molecule has 2 N–H and O–H groups in total. The van der Waals surface area contributed by atoms with Gasteiger partial charge in [-0.25, -0.2) is 9.38 Å². The number of fused-ring (bicyclic) bond motifs is 2. The highest BCUT2D eigenvalue weighted by Gasteiger charge is 2.39. The summed E-state index contributed by atoms with van der Waals surface area (Å²) >= 11 is 0. The molecule has 0 saturated heterocycles. The first kappa shape index (κ1) is 31.5. The van der Waals surface area contributed by atoms with Gasteiger partial charge in [0.15, 0.2) is 0 Å². The Hall–Kier alpha value is -5.75. The fraction of sp³-hybridized carbons (Fsp3) is 0.0444. The fourth-order valence-electron chi connectivity index (χ4n) is 7.19. The lowest BCUT2D eigenvalue weighted by Crippen LogP contribution is -2.44. The third-order valence-corrected chi connectivity index (χ3v) is 13.5. The molecule has 0 aromatic heterocycles. The van der Waals surface area contributed by atoms with Gasteiger partial charge in [0.2, 0.25) is 0 Å². The van der Waals surface area contributed by atoms with Gasteiger partial charge in [0, 0.05) is 25.1 Å². The molecule has 244 valence electrons. The van der Waals surface area contributed by atoms with Crippen molar-refractivity contribution in [1.29, 1.82) is 0 Å². The number of hydrogen-bond acceptors (Lipinski definition) is 3. The molecule has 5 heteroatoms. The minimum atomic E-state index is -2.14. The van der Waals surface area contributed by atoms with Crippen molar-refractivity contribution in [3.63, 3.8) is 0 Å². The van der Waals surface area contributed by atoms with Crippen LogP contribution in [-0.2, 0) is 0 Å². The normalized spacial score (nSPS) is 18.4. The van der Waals surface area contributed by atoms with Crippen LogP contribution in [0.25, 0.3) is 11.1 Å². The maximum Gasteiger partial charge on any atom is 0.131 e. The molecule has 2 atom stereocenters. The van der Waals surface area contributed by atoms with Crippen LogP contribution in [0.15, 0.2) is 208 Å². The van der Waals surface area contributed by atoms with Gasteiger partial charge in [-0.15, -0.1) is 10.0 Å². The lowest BCUT2D eigenvalue weighted by molar-refractivity contribution is 0.409. The number of nitrogens with one attached hydrogen (secondary N) is 2. The van der Waals surface area contributed by atoms with Crippen LogP contribution in [0, 0.1) is 5.82 Å². The molecule has 2 aliphatic rings. The van der Waals surface area contributed by atoms with E-state index in [1.165, 1.54) is 9.79 Å². The quantitative estimate of drug-likeness (QED) is 0.177. The van der Waals surface area contributed by atoms with Crippen molar-refractivity contribution in [3.8, 4) is 0 Å². The minimum absolute atomic E-state index is 0.133. The van der Waals surface area contributed by atoms with E-state index in [4.69, 9.17) is 4.99 Å². The van der Waals surface area contributed by atoms with E-state index in [-0.39, 0.29) is 18.1 Å². The smallest absolute Gasteiger partial charge is 0.131 e. The van der Waals surface area contributed by atoms with Crippen molar-refractivity contribution < 1.29 is 4.39 Å². The molecule has 6 aromatic carbocycles. The van der Waals surface area contributed by atoms with E-state index >= 15 is 0 Å². The van der Waals surface area contributed by atoms with Gasteiger partial charge in [-0.1, -0.05) is 135 Å². The summed E-state index contributed by atoms with van der Waals surface area (Å²) in [6, 6.07) is 53.7. The van der Waals surface area contributed by atoms with Gasteiger partial charge in [-0.05, 0) is 81.9 Å². The van der Waals surface area contributed by atoms with E-state index in [0.29, 0.717) is 0 Å². The molecule has 0 spiro atoms. The van der Waals surface area contributed by atoms with Crippen LogP contribution in [0.5, 0.6) is 0 Å². The molecule has 8 rings (SSSR count). The van der Waals surface area contributed by atoms with Crippen molar-refractivity contribution in [1.82, 2.24) is 10.6 Å². The molecular formula is C45H36FN3S. The van der Waals surface area contributed by atoms with E-state index in [9.17, 15) is 4.39 Å². The summed E-state index contributed by atoms with van der Waals surface area (Å²) in [6.45, 7) is 8.50. The van der Waals surface area contributed by atoms with Crippen LogP contribution in [-0.4, -0.2) is 5.84 Å². The molecular weight excluding hydrogens is 634 g/mol. The third-order valence-electron chi connectivity index (χ3n) is 9.47. The van der Waals surface area contributed by atoms with Crippen LogP contribution in [0.3, 0.4) is 0 Å². The highest BCUT2D eigenvalue weighted by molar-refractivity contribution is 8.34. The summed E-state index contributed by atoms with van der Waals surface area (Å²) in [5.74, 6) is 0.552.